The Morgan fingerprint density at radius 1 is 1.23 bits per heavy atom. The Labute approximate surface area is 175 Å². The van der Waals surface area contributed by atoms with Crippen LogP contribution in [0.5, 0.6) is 0 Å². The Kier molecular flexibility index (Phi) is 5.83. The Morgan fingerprint density at radius 3 is 2.70 bits per heavy atom. The van der Waals surface area contributed by atoms with Crippen molar-refractivity contribution in [3.8, 4) is 11.5 Å². The van der Waals surface area contributed by atoms with E-state index >= 15 is 0 Å². The average Bonchev–Trinajstić information content (AvgIpc) is 3.50. The molecule has 0 saturated heterocycles. The van der Waals surface area contributed by atoms with Crippen LogP contribution in [0.3, 0.4) is 0 Å². The Bertz CT molecular complexity index is 1030. The van der Waals surface area contributed by atoms with Crippen molar-refractivity contribution in [2.24, 2.45) is 5.92 Å². The molecule has 3 aromatic rings. The van der Waals surface area contributed by atoms with Crippen molar-refractivity contribution in [1.82, 2.24) is 25.4 Å². The summed E-state index contributed by atoms with van der Waals surface area (Å²) in [5.41, 5.74) is 1.70. The highest BCUT2D eigenvalue weighted by Crippen LogP contribution is 2.27. The topological polar surface area (TPSA) is 102 Å². The number of amides is 2. The molecule has 0 aromatic carbocycles. The van der Waals surface area contributed by atoms with E-state index in [-0.39, 0.29) is 23.8 Å². The third kappa shape index (κ3) is 4.08. The molecule has 3 aromatic heterocycles. The number of nitrogens with one attached hydrogen (secondary N) is 2. The van der Waals surface area contributed by atoms with Gasteiger partial charge in [-0.1, -0.05) is 12.8 Å². The zero-order valence-electron chi connectivity index (χ0n) is 17.4. The van der Waals surface area contributed by atoms with E-state index in [1.807, 2.05) is 19.9 Å². The third-order valence-electron chi connectivity index (χ3n) is 5.51. The molecule has 0 radical (unpaired) electrons. The summed E-state index contributed by atoms with van der Waals surface area (Å²) in [6.07, 6.45) is 7.41. The van der Waals surface area contributed by atoms with Crippen molar-refractivity contribution in [2.75, 3.05) is 13.1 Å². The Hall–Kier alpha value is -3.16. The monoisotopic (exact) mass is 409 g/mol. The van der Waals surface area contributed by atoms with Crippen LogP contribution in [0.1, 0.15) is 55.9 Å². The van der Waals surface area contributed by atoms with Gasteiger partial charge in [0.1, 0.15) is 5.69 Å². The fourth-order valence-electron chi connectivity index (χ4n) is 3.92. The second kappa shape index (κ2) is 8.69. The smallest absolute Gasteiger partial charge is 0.252 e. The lowest BCUT2D eigenvalue weighted by molar-refractivity contribution is -0.124. The molecular weight excluding hydrogens is 382 g/mol. The predicted octanol–water partition coefficient (Wildman–Crippen LogP) is 3.31. The van der Waals surface area contributed by atoms with Crippen molar-refractivity contribution in [1.29, 1.82) is 0 Å². The van der Waals surface area contributed by atoms with Crippen LogP contribution in [0, 0.1) is 5.92 Å². The summed E-state index contributed by atoms with van der Waals surface area (Å²) in [5, 5.41) is 10.9. The lowest BCUT2D eigenvalue weighted by Crippen LogP contribution is -2.37. The third-order valence-corrected chi connectivity index (χ3v) is 5.51. The first-order chi connectivity index (χ1) is 14.5. The first-order valence-corrected chi connectivity index (χ1v) is 10.5. The van der Waals surface area contributed by atoms with Crippen LogP contribution in [-0.4, -0.2) is 39.7 Å². The molecule has 158 valence electrons. The lowest BCUT2D eigenvalue weighted by Gasteiger charge is -2.12. The zero-order chi connectivity index (χ0) is 21.1. The summed E-state index contributed by atoms with van der Waals surface area (Å²) in [7, 11) is 0. The maximum Gasteiger partial charge on any atom is 0.252 e. The molecule has 4 rings (SSSR count). The molecule has 0 spiro atoms. The van der Waals surface area contributed by atoms with E-state index < -0.39 is 0 Å². The summed E-state index contributed by atoms with van der Waals surface area (Å²) in [6, 6.07) is 5.42. The molecule has 0 aliphatic heterocycles. The van der Waals surface area contributed by atoms with Crippen LogP contribution in [0.2, 0.25) is 0 Å². The minimum Gasteiger partial charge on any atom is -0.463 e. The highest BCUT2D eigenvalue weighted by Gasteiger charge is 2.22. The molecule has 8 heteroatoms. The number of hydrogen-bond donors (Lipinski definition) is 2. The van der Waals surface area contributed by atoms with Gasteiger partial charge in [0.25, 0.3) is 5.91 Å². The molecule has 0 atom stereocenters. The van der Waals surface area contributed by atoms with Gasteiger partial charge in [-0.05, 0) is 44.9 Å². The first-order valence-electron chi connectivity index (χ1n) is 10.5. The normalized spacial score (nSPS) is 14.5. The summed E-state index contributed by atoms with van der Waals surface area (Å²) in [6.45, 7) is 4.79. The van der Waals surface area contributed by atoms with Gasteiger partial charge in [0.2, 0.25) is 5.91 Å². The maximum atomic E-state index is 12.9. The van der Waals surface area contributed by atoms with Crippen molar-refractivity contribution < 1.29 is 14.0 Å². The standard InChI is InChI=1S/C22H27N5O3/c1-14(2)27-20-17(13-25-27)16(12-18(26-20)19-8-5-11-30-19)22(29)24-10-9-23-21(28)15-6-3-4-7-15/h5,8,11-15H,3-4,6-7,9-10H2,1-2H3,(H,23,28)(H,24,29). The highest BCUT2D eigenvalue weighted by molar-refractivity contribution is 6.06. The summed E-state index contributed by atoms with van der Waals surface area (Å²) in [4.78, 5) is 29.7. The molecule has 2 amide bonds. The van der Waals surface area contributed by atoms with Crippen molar-refractivity contribution >= 4 is 22.8 Å². The molecule has 0 unspecified atom stereocenters. The molecule has 0 bridgehead atoms. The van der Waals surface area contributed by atoms with Gasteiger partial charge in [0.05, 0.1) is 23.4 Å². The molecule has 8 nitrogen and oxygen atoms in total. The number of carbonyl (C=O) groups is 2. The second-order valence-corrected chi connectivity index (χ2v) is 7.98. The van der Waals surface area contributed by atoms with Crippen LogP contribution in [-0.2, 0) is 4.79 Å². The van der Waals surface area contributed by atoms with Crippen LogP contribution in [0.4, 0.5) is 0 Å². The van der Waals surface area contributed by atoms with Crippen LogP contribution >= 0.6 is 0 Å². The molecule has 30 heavy (non-hydrogen) atoms. The van der Waals surface area contributed by atoms with E-state index in [4.69, 9.17) is 4.42 Å². The molecule has 1 saturated carbocycles. The van der Waals surface area contributed by atoms with E-state index in [1.54, 1.807) is 29.3 Å². The quantitative estimate of drug-likeness (QED) is 0.583. The summed E-state index contributed by atoms with van der Waals surface area (Å²) >= 11 is 0. The Balaban J connectivity index is 1.50. The van der Waals surface area contributed by atoms with Gasteiger partial charge in [-0.3, -0.25) is 9.59 Å². The number of fused-ring (bicyclic) bond motifs is 1. The van der Waals surface area contributed by atoms with Gasteiger partial charge < -0.3 is 15.1 Å². The van der Waals surface area contributed by atoms with Crippen molar-refractivity contribution in [3.63, 3.8) is 0 Å². The molecule has 1 aliphatic carbocycles. The van der Waals surface area contributed by atoms with Crippen LogP contribution < -0.4 is 10.6 Å². The van der Waals surface area contributed by atoms with Gasteiger partial charge >= 0.3 is 0 Å². The minimum absolute atomic E-state index is 0.0892. The zero-order valence-corrected chi connectivity index (χ0v) is 17.4. The SMILES string of the molecule is CC(C)n1ncc2c(C(=O)NCCNC(=O)C3CCCC3)cc(-c3ccco3)nc21. The van der Waals surface area contributed by atoms with Gasteiger partial charge in [-0.2, -0.15) is 5.10 Å². The first kappa shape index (κ1) is 20.1. The molecular formula is C22H27N5O3. The number of aromatic nitrogens is 3. The van der Waals surface area contributed by atoms with E-state index in [2.05, 4.69) is 20.7 Å². The highest BCUT2D eigenvalue weighted by atomic mass is 16.3. The number of nitrogens with zero attached hydrogens (tertiary/aromatic N) is 3. The van der Waals surface area contributed by atoms with Gasteiger partial charge in [0, 0.05) is 25.0 Å². The van der Waals surface area contributed by atoms with Gasteiger partial charge in [0.15, 0.2) is 11.4 Å². The van der Waals surface area contributed by atoms with Gasteiger partial charge in [-0.15, -0.1) is 0 Å². The molecule has 2 N–H and O–H groups in total. The predicted molar refractivity (Wildman–Crippen MR) is 113 cm³/mol. The van der Waals surface area contributed by atoms with Crippen molar-refractivity contribution in [2.45, 2.75) is 45.6 Å². The lowest BCUT2D eigenvalue weighted by atomic mass is 10.1. The maximum absolute atomic E-state index is 12.9. The largest absolute Gasteiger partial charge is 0.463 e. The minimum atomic E-state index is -0.228. The fraction of sp³-hybridized carbons (Fsp3) is 0.455. The number of furan rings is 1. The van der Waals surface area contributed by atoms with E-state index in [0.29, 0.717) is 41.1 Å². The molecule has 1 aliphatic rings. The number of rotatable bonds is 7. The van der Waals surface area contributed by atoms with Crippen LogP contribution in [0.15, 0.2) is 35.1 Å². The Morgan fingerprint density at radius 2 is 2.00 bits per heavy atom. The van der Waals surface area contributed by atoms with E-state index in [1.165, 1.54) is 0 Å². The second-order valence-electron chi connectivity index (χ2n) is 7.98. The van der Waals surface area contributed by atoms with E-state index in [9.17, 15) is 9.59 Å². The van der Waals surface area contributed by atoms with Crippen LogP contribution in [0.25, 0.3) is 22.5 Å². The summed E-state index contributed by atoms with van der Waals surface area (Å²) in [5.74, 6) is 0.574. The summed E-state index contributed by atoms with van der Waals surface area (Å²) < 4.78 is 7.27. The van der Waals surface area contributed by atoms with Gasteiger partial charge in [-0.25, -0.2) is 9.67 Å². The molecule has 1 fully saturated rings. The van der Waals surface area contributed by atoms with Crippen molar-refractivity contribution in [3.05, 3.63) is 36.2 Å². The average molecular weight is 409 g/mol. The molecule has 3 heterocycles. The van der Waals surface area contributed by atoms with E-state index in [0.717, 1.165) is 25.7 Å². The number of pyridine rings is 1. The fourth-order valence-corrected chi connectivity index (χ4v) is 3.92. The number of carbonyl (C=O) groups excluding carboxylic acids is 2. The number of hydrogen-bond acceptors (Lipinski definition) is 5.